The van der Waals surface area contributed by atoms with Crippen LogP contribution in [0.15, 0.2) is 18.2 Å². The highest BCUT2D eigenvalue weighted by Gasteiger charge is 2.26. The summed E-state index contributed by atoms with van der Waals surface area (Å²) in [5, 5.41) is 22.4. The molecule has 1 aromatic carbocycles. The highest BCUT2D eigenvalue weighted by atomic mass is 16.5. The molecule has 1 atom stereocenters. The number of morpholine rings is 1. The average Bonchev–Trinajstić information content (AvgIpc) is 3.01. The Kier molecular flexibility index (Phi) is 7.85. The molecule has 2 heterocycles. The molecule has 0 radical (unpaired) electrons. The Hall–Kier alpha value is -2.16. The summed E-state index contributed by atoms with van der Waals surface area (Å²) in [5.74, 6) is -0.733. The fourth-order valence-electron chi connectivity index (χ4n) is 3.85. The van der Waals surface area contributed by atoms with Gasteiger partial charge in [-0.2, -0.15) is 0 Å². The Morgan fingerprint density at radius 3 is 2.38 bits per heavy atom. The second-order valence-corrected chi connectivity index (χ2v) is 7.72. The summed E-state index contributed by atoms with van der Waals surface area (Å²) >= 11 is 0. The predicted octanol–water partition coefficient (Wildman–Crippen LogP) is 0.718. The standard InChI is InChI=1S/C21H31N3O5/c25-15-19(21(28)24-5-3-1-2-4-6-24)22-20(27)17-11-16(12-18(26)13-17)14-23-7-9-29-10-8-23/h11-13,19,25-26H,1-10,14-15H2,(H,22,27). The van der Waals surface area contributed by atoms with E-state index < -0.39 is 18.6 Å². The number of phenols is 1. The minimum absolute atomic E-state index is 0.000280. The van der Waals surface area contributed by atoms with Gasteiger partial charge in [0.25, 0.3) is 5.91 Å². The second kappa shape index (κ2) is 10.6. The van der Waals surface area contributed by atoms with Crippen LogP contribution in [0.25, 0.3) is 0 Å². The van der Waals surface area contributed by atoms with Crippen LogP contribution in [0.4, 0.5) is 0 Å². The fourth-order valence-corrected chi connectivity index (χ4v) is 3.85. The molecule has 0 aliphatic carbocycles. The van der Waals surface area contributed by atoms with Gasteiger partial charge in [0.05, 0.1) is 19.8 Å². The molecule has 0 bridgehead atoms. The monoisotopic (exact) mass is 405 g/mol. The Morgan fingerprint density at radius 1 is 1.03 bits per heavy atom. The molecule has 160 valence electrons. The smallest absolute Gasteiger partial charge is 0.252 e. The zero-order valence-electron chi connectivity index (χ0n) is 16.8. The number of aliphatic hydroxyl groups excluding tert-OH is 1. The van der Waals surface area contributed by atoms with Gasteiger partial charge in [-0.3, -0.25) is 14.5 Å². The van der Waals surface area contributed by atoms with E-state index in [1.54, 1.807) is 17.0 Å². The molecule has 2 aliphatic rings. The molecule has 2 aliphatic heterocycles. The van der Waals surface area contributed by atoms with Crippen molar-refractivity contribution in [2.75, 3.05) is 46.0 Å². The first kappa shape index (κ1) is 21.5. The molecule has 2 fully saturated rings. The molecule has 2 saturated heterocycles. The number of hydrogen-bond donors (Lipinski definition) is 3. The van der Waals surface area contributed by atoms with Crippen LogP contribution in [0.1, 0.15) is 41.6 Å². The van der Waals surface area contributed by atoms with Crippen LogP contribution in [0.5, 0.6) is 5.75 Å². The topological polar surface area (TPSA) is 102 Å². The molecule has 2 amide bonds. The first-order valence-electron chi connectivity index (χ1n) is 10.4. The number of carbonyl (C=O) groups excluding carboxylic acids is 2. The molecule has 0 spiro atoms. The number of aliphatic hydroxyl groups is 1. The van der Waals surface area contributed by atoms with Gasteiger partial charge in [-0.05, 0) is 36.6 Å². The number of benzene rings is 1. The molecule has 1 unspecified atom stereocenters. The Balaban J connectivity index is 1.65. The Morgan fingerprint density at radius 2 is 1.72 bits per heavy atom. The van der Waals surface area contributed by atoms with Gasteiger partial charge in [0.15, 0.2) is 0 Å². The van der Waals surface area contributed by atoms with Gasteiger partial charge < -0.3 is 25.2 Å². The van der Waals surface area contributed by atoms with Crippen LogP contribution in [-0.2, 0) is 16.1 Å². The van der Waals surface area contributed by atoms with Crippen LogP contribution >= 0.6 is 0 Å². The second-order valence-electron chi connectivity index (χ2n) is 7.72. The summed E-state index contributed by atoms with van der Waals surface area (Å²) in [6.45, 7) is 4.39. The third-order valence-corrected chi connectivity index (χ3v) is 5.45. The molecule has 3 N–H and O–H groups in total. The minimum Gasteiger partial charge on any atom is -0.508 e. The highest BCUT2D eigenvalue weighted by molar-refractivity contribution is 5.98. The van der Waals surface area contributed by atoms with E-state index in [-0.39, 0.29) is 17.2 Å². The van der Waals surface area contributed by atoms with E-state index in [1.807, 2.05) is 0 Å². The maximum Gasteiger partial charge on any atom is 0.252 e. The van der Waals surface area contributed by atoms with Crippen molar-refractivity contribution >= 4 is 11.8 Å². The van der Waals surface area contributed by atoms with Gasteiger partial charge in [-0.15, -0.1) is 0 Å². The number of carbonyl (C=O) groups is 2. The van der Waals surface area contributed by atoms with Gasteiger partial charge in [-0.1, -0.05) is 12.8 Å². The SMILES string of the molecule is O=C(NC(CO)C(=O)N1CCCCCC1)c1cc(O)cc(CN2CCOCC2)c1. The van der Waals surface area contributed by atoms with Gasteiger partial charge >= 0.3 is 0 Å². The number of hydrogen-bond acceptors (Lipinski definition) is 6. The van der Waals surface area contributed by atoms with Crippen LogP contribution in [0.3, 0.4) is 0 Å². The van der Waals surface area contributed by atoms with E-state index in [4.69, 9.17) is 4.74 Å². The number of aromatic hydroxyl groups is 1. The maximum atomic E-state index is 12.7. The van der Waals surface area contributed by atoms with Crippen LogP contribution in [-0.4, -0.2) is 83.9 Å². The Labute approximate surface area is 171 Å². The maximum absolute atomic E-state index is 12.7. The van der Waals surface area contributed by atoms with Crippen molar-refractivity contribution in [1.29, 1.82) is 0 Å². The fraction of sp³-hybridized carbons (Fsp3) is 0.619. The van der Waals surface area contributed by atoms with E-state index in [0.29, 0.717) is 32.8 Å². The lowest BCUT2D eigenvalue weighted by Crippen LogP contribution is -2.50. The summed E-state index contributed by atoms with van der Waals surface area (Å²) in [6, 6.07) is 3.75. The number of nitrogens with zero attached hydrogens (tertiary/aromatic N) is 2. The largest absolute Gasteiger partial charge is 0.508 e. The first-order chi connectivity index (χ1) is 14.1. The molecular formula is C21H31N3O5. The lowest BCUT2D eigenvalue weighted by atomic mass is 10.1. The summed E-state index contributed by atoms with van der Waals surface area (Å²) in [4.78, 5) is 29.4. The first-order valence-corrected chi connectivity index (χ1v) is 10.4. The molecule has 29 heavy (non-hydrogen) atoms. The van der Waals surface area contributed by atoms with Crippen LogP contribution < -0.4 is 5.32 Å². The quantitative estimate of drug-likeness (QED) is 0.645. The number of likely N-dealkylation sites (tertiary alicyclic amines) is 1. The molecule has 3 rings (SSSR count). The summed E-state index contributed by atoms with van der Waals surface area (Å²) in [7, 11) is 0. The van der Waals surface area contributed by atoms with Crippen molar-refractivity contribution in [2.45, 2.75) is 38.3 Å². The van der Waals surface area contributed by atoms with Gasteiger partial charge in [-0.25, -0.2) is 0 Å². The number of nitrogens with one attached hydrogen (secondary N) is 1. The van der Waals surface area contributed by atoms with Crippen molar-refractivity contribution in [2.24, 2.45) is 0 Å². The number of ether oxygens (including phenoxy) is 1. The van der Waals surface area contributed by atoms with E-state index in [2.05, 4.69) is 10.2 Å². The van der Waals surface area contributed by atoms with Crippen molar-refractivity contribution in [1.82, 2.24) is 15.1 Å². The number of rotatable bonds is 6. The van der Waals surface area contributed by atoms with Gasteiger partial charge in [0.2, 0.25) is 5.91 Å². The molecular weight excluding hydrogens is 374 g/mol. The minimum atomic E-state index is -0.981. The lowest BCUT2D eigenvalue weighted by molar-refractivity contribution is -0.134. The summed E-state index contributed by atoms with van der Waals surface area (Å²) in [6.07, 6.45) is 4.06. The third kappa shape index (κ3) is 6.16. The number of amides is 2. The van der Waals surface area contributed by atoms with E-state index in [1.165, 1.54) is 6.07 Å². The van der Waals surface area contributed by atoms with Crippen molar-refractivity contribution in [3.63, 3.8) is 0 Å². The highest BCUT2D eigenvalue weighted by Crippen LogP contribution is 2.18. The molecule has 0 aromatic heterocycles. The average molecular weight is 405 g/mol. The van der Waals surface area contributed by atoms with E-state index >= 15 is 0 Å². The van der Waals surface area contributed by atoms with Crippen molar-refractivity contribution in [3.8, 4) is 5.75 Å². The molecule has 8 heteroatoms. The van der Waals surface area contributed by atoms with Crippen molar-refractivity contribution < 1.29 is 24.5 Å². The number of phenolic OH excluding ortho intramolecular Hbond substituents is 1. The zero-order chi connectivity index (χ0) is 20.6. The normalized spacial score (nSPS) is 19.4. The third-order valence-electron chi connectivity index (χ3n) is 5.45. The summed E-state index contributed by atoms with van der Waals surface area (Å²) < 4.78 is 5.34. The van der Waals surface area contributed by atoms with E-state index in [9.17, 15) is 19.8 Å². The van der Waals surface area contributed by atoms with Crippen LogP contribution in [0, 0.1) is 0 Å². The van der Waals surface area contributed by atoms with Crippen LogP contribution in [0.2, 0.25) is 0 Å². The zero-order valence-corrected chi connectivity index (χ0v) is 16.8. The van der Waals surface area contributed by atoms with Crippen molar-refractivity contribution in [3.05, 3.63) is 29.3 Å². The van der Waals surface area contributed by atoms with Gasteiger partial charge in [0, 0.05) is 38.3 Å². The summed E-state index contributed by atoms with van der Waals surface area (Å²) in [5.41, 5.74) is 1.09. The molecule has 1 aromatic rings. The Bertz CT molecular complexity index is 698. The van der Waals surface area contributed by atoms with Gasteiger partial charge in [0.1, 0.15) is 11.8 Å². The predicted molar refractivity (Wildman–Crippen MR) is 108 cm³/mol. The van der Waals surface area contributed by atoms with E-state index in [0.717, 1.165) is 44.3 Å². The molecule has 0 saturated carbocycles. The molecule has 8 nitrogen and oxygen atoms in total. The lowest BCUT2D eigenvalue weighted by Gasteiger charge is -2.27.